The number of anilines is 3. The summed E-state index contributed by atoms with van der Waals surface area (Å²) in [4.78, 5) is 14.6. The van der Waals surface area contributed by atoms with Crippen molar-refractivity contribution in [3.63, 3.8) is 0 Å². The number of nitrogens with one attached hydrogen (secondary N) is 2. The Morgan fingerprint density at radius 3 is 2.49 bits per heavy atom. The number of ether oxygens (including phenoxy) is 1. The normalized spacial score (nSPS) is 22.1. The van der Waals surface area contributed by atoms with Crippen LogP contribution in [0.5, 0.6) is 0 Å². The van der Waals surface area contributed by atoms with Gasteiger partial charge in [-0.25, -0.2) is 0 Å². The van der Waals surface area contributed by atoms with Crippen molar-refractivity contribution in [2.75, 3.05) is 54.5 Å². The zero-order valence-electron chi connectivity index (χ0n) is 20.8. The molecule has 0 spiro atoms. The maximum Gasteiger partial charge on any atom is 0.232 e. The van der Waals surface area contributed by atoms with Gasteiger partial charge in [-0.2, -0.15) is 9.97 Å². The lowest BCUT2D eigenvalue weighted by atomic mass is 9.74. The van der Waals surface area contributed by atoms with Crippen molar-refractivity contribution < 1.29 is 4.74 Å². The summed E-state index contributed by atoms with van der Waals surface area (Å²) in [6.07, 6.45) is 8.09. The monoisotopic (exact) mass is 494 g/mol. The Balaban J connectivity index is 1.32. The minimum atomic E-state index is 0.0118. The van der Waals surface area contributed by atoms with Gasteiger partial charge in [-0.15, -0.1) is 0 Å². The zero-order valence-corrected chi connectivity index (χ0v) is 21.7. The van der Waals surface area contributed by atoms with E-state index >= 15 is 0 Å². The summed E-state index contributed by atoms with van der Waals surface area (Å²) in [6.45, 7) is 7.75. The second-order valence-corrected chi connectivity index (χ2v) is 10.6. The molecule has 3 saturated heterocycles. The minimum Gasteiger partial charge on any atom is -0.381 e. The number of hydrogen-bond acceptors (Lipinski definition) is 6. The first-order valence-corrected chi connectivity index (χ1v) is 13.6. The summed E-state index contributed by atoms with van der Waals surface area (Å²) in [6, 6.07) is 13.4. The Kier molecular flexibility index (Phi) is 7.68. The number of thiocarbonyl (C=S) groups is 1. The minimum absolute atomic E-state index is 0.0118. The van der Waals surface area contributed by atoms with E-state index in [4.69, 9.17) is 26.9 Å². The number of rotatable bonds is 6. The van der Waals surface area contributed by atoms with Crippen LogP contribution in [-0.4, -0.2) is 60.5 Å². The predicted octanol–water partition coefficient (Wildman–Crippen LogP) is 4.49. The second-order valence-electron chi connectivity index (χ2n) is 10.2. The van der Waals surface area contributed by atoms with Crippen LogP contribution in [0.3, 0.4) is 0 Å². The zero-order chi connectivity index (χ0) is 24.1. The highest BCUT2D eigenvalue weighted by molar-refractivity contribution is 7.80. The molecule has 1 aromatic carbocycles. The lowest BCUT2D eigenvalue weighted by Gasteiger charge is -2.38. The molecule has 3 aliphatic rings. The van der Waals surface area contributed by atoms with Gasteiger partial charge in [0, 0.05) is 56.9 Å². The van der Waals surface area contributed by atoms with Gasteiger partial charge in [0.1, 0.15) is 11.6 Å². The average Bonchev–Trinajstić information content (AvgIpc) is 3.44. The van der Waals surface area contributed by atoms with Gasteiger partial charge in [0.25, 0.3) is 0 Å². The molecule has 0 amide bonds. The average molecular weight is 495 g/mol. The number of aromatic nitrogens is 2. The van der Waals surface area contributed by atoms with E-state index in [0.29, 0.717) is 17.1 Å². The van der Waals surface area contributed by atoms with Gasteiger partial charge in [0.05, 0.1) is 0 Å². The largest absolute Gasteiger partial charge is 0.381 e. The van der Waals surface area contributed by atoms with E-state index in [0.717, 1.165) is 63.9 Å². The Hall–Kier alpha value is -2.45. The molecule has 8 heteroatoms. The van der Waals surface area contributed by atoms with E-state index < -0.39 is 0 Å². The highest BCUT2D eigenvalue weighted by Gasteiger charge is 2.34. The highest BCUT2D eigenvalue weighted by atomic mass is 32.1. The number of nitrogens with zero attached hydrogens (tertiary/aromatic N) is 4. The molecule has 3 aliphatic heterocycles. The van der Waals surface area contributed by atoms with Crippen LogP contribution >= 0.6 is 12.2 Å². The maximum atomic E-state index is 5.74. The molecule has 1 atom stereocenters. The van der Waals surface area contributed by atoms with E-state index in [2.05, 4.69) is 63.8 Å². The topological polar surface area (TPSA) is 65.5 Å². The van der Waals surface area contributed by atoms with Crippen LogP contribution < -0.4 is 20.4 Å². The molecule has 0 radical (unpaired) electrons. The van der Waals surface area contributed by atoms with Gasteiger partial charge >= 0.3 is 0 Å². The third-order valence-corrected chi connectivity index (χ3v) is 8.12. The van der Waals surface area contributed by atoms with Crippen LogP contribution in [0.4, 0.5) is 17.6 Å². The first kappa shape index (κ1) is 24.3. The fraction of sp³-hybridized carbons (Fsp3) is 0.593. The molecule has 2 aromatic rings. The maximum absolute atomic E-state index is 5.74. The summed E-state index contributed by atoms with van der Waals surface area (Å²) in [5, 5.41) is 7.39. The van der Waals surface area contributed by atoms with Crippen LogP contribution in [0.2, 0.25) is 0 Å². The van der Waals surface area contributed by atoms with Crippen molar-refractivity contribution in [1.82, 2.24) is 15.3 Å². The number of hydrogen-bond donors (Lipinski definition) is 2. The molecule has 188 valence electrons. The molecule has 3 fully saturated rings. The molecule has 35 heavy (non-hydrogen) atoms. The lowest BCUT2D eigenvalue weighted by Crippen LogP contribution is -2.45. The van der Waals surface area contributed by atoms with Crippen LogP contribution in [0.15, 0.2) is 36.4 Å². The fourth-order valence-corrected chi connectivity index (χ4v) is 5.85. The smallest absolute Gasteiger partial charge is 0.232 e. The fourth-order valence-electron chi connectivity index (χ4n) is 5.69. The standard InChI is InChI=1S/C27H38N6OS/c1-21-9-5-6-16-33(21)24-19-23(32-14-7-8-15-32)29-25(30-24)31-26(35)28-20-27(12-17-34-18-13-27)22-10-3-2-4-11-22/h2-4,10-11,19,21H,5-9,12-18,20H2,1H3,(H2,28,29,30,31,35)/t21-/m0/s1. The molecule has 0 aliphatic carbocycles. The van der Waals surface area contributed by atoms with Gasteiger partial charge < -0.3 is 25.2 Å². The second kappa shape index (κ2) is 11.1. The van der Waals surface area contributed by atoms with Crippen molar-refractivity contribution in [2.45, 2.75) is 63.3 Å². The molecule has 2 N–H and O–H groups in total. The Bertz CT molecular complexity index is 990. The number of piperidine rings is 1. The summed E-state index contributed by atoms with van der Waals surface area (Å²) in [5.41, 5.74) is 1.35. The summed E-state index contributed by atoms with van der Waals surface area (Å²) in [7, 11) is 0. The van der Waals surface area contributed by atoms with Crippen molar-refractivity contribution >= 4 is 34.9 Å². The molecule has 0 unspecified atom stereocenters. The lowest BCUT2D eigenvalue weighted by molar-refractivity contribution is 0.0515. The summed E-state index contributed by atoms with van der Waals surface area (Å²) >= 11 is 5.74. The van der Waals surface area contributed by atoms with Gasteiger partial charge in [0.2, 0.25) is 5.95 Å². The summed E-state index contributed by atoms with van der Waals surface area (Å²) in [5.74, 6) is 2.59. The van der Waals surface area contributed by atoms with Gasteiger partial charge in [0.15, 0.2) is 5.11 Å². The third-order valence-electron chi connectivity index (χ3n) is 7.88. The molecule has 0 bridgehead atoms. The molecule has 4 heterocycles. The van der Waals surface area contributed by atoms with E-state index in [-0.39, 0.29) is 5.41 Å². The molecule has 0 saturated carbocycles. The molecule has 7 nitrogen and oxygen atoms in total. The van der Waals surface area contributed by atoms with Crippen LogP contribution in [-0.2, 0) is 10.2 Å². The van der Waals surface area contributed by atoms with E-state index in [1.807, 2.05) is 0 Å². The first-order valence-electron chi connectivity index (χ1n) is 13.2. The van der Waals surface area contributed by atoms with E-state index in [1.165, 1.54) is 37.7 Å². The molecular weight excluding hydrogens is 456 g/mol. The molecular formula is C27H38N6OS. The van der Waals surface area contributed by atoms with Crippen LogP contribution in [0, 0.1) is 0 Å². The molecule has 1 aromatic heterocycles. The third kappa shape index (κ3) is 5.70. The highest BCUT2D eigenvalue weighted by Crippen LogP contribution is 2.34. The predicted molar refractivity (Wildman–Crippen MR) is 147 cm³/mol. The van der Waals surface area contributed by atoms with Crippen molar-refractivity contribution in [2.24, 2.45) is 0 Å². The Labute approximate surface area is 214 Å². The van der Waals surface area contributed by atoms with Crippen LogP contribution in [0.25, 0.3) is 0 Å². The summed E-state index contributed by atoms with van der Waals surface area (Å²) < 4.78 is 5.68. The van der Waals surface area contributed by atoms with Gasteiger partial charge in [-0.3, -0.25) is 0 Å². The quantitative estimate of drug-likeness (QED) is 0.570. The number of benzene rings is 1. The van der Waals surface area contributed by atoms with E-state index in [9.17, 15) is 0 Å². The molecule has 5 rings (SSSR count). The first-order chi connectivity index (χ1) is 17.1. The van der Waals surface area contributed by atoms with Gasteiger partial charge in [-0.05, 0) is 69.7 Å². The van der Waals surface area contributed by atoms with Crippen LogP contribution in [0.1, 0.15) is 57.4 Å². The van der Waals surface area contributed by atoms with Crippen molar-refractivity contribution in [3.05, 3.63) is 42.0 Å². The van der Waals surface area contributed by atoms with Gasteiger partial charge in [-0.1, -0.05) is 30.3 Å². The Morgan fingerprint density at radius 1 is 1.03 bits per heavy atom. The van der Waals surface area contributed by atoms with Crippen molar-refractivity contribution in [3.8, 4) is 0 Å². The van der Waals surface area contributed by atoms with E-state index in [1.54, 1.807) is 0 Å². The Morgan fingerprint density at radius 2 is 1.74 bits per heavy atom. The van der Waals surface area contributed by atoms with Crippen molar-refractivity contribution in [1.29, 1.82) is 0 Å². The SMILES string of the molecule is C[C@H]1CCCCN1c1cc(N2CCCC2)nc(NC(=S)NCC2(c3ccccc3)CCOCC2)n1.